The number of hydrogen-bond acceptors (Lipinski definition) is 2. The summed E-state index contributed by atoms with van der Waals surface area (Å²) in [5.74, 6) is -1.20. The summed E-state index contributed by atoms with van der Waals surface area (Å²) in [7, 11) is 0. The van der Waals surface area contributed by atoms with Crippen LogP contribution in [0.2, 0.25) is 0 Å². The van der Waals surface area contributed by atoms with Gasteiger partial charge in [0.05, 0.1) is 11.5 Å². The minimum absolute atomic E-state index is 0.329. The predicted octanol–water partition coefficient (Wildman–Crippen LogP) is 1.93. The molecule has 2 rings (SSSR count). The lowest BCUT2D eigenvalue weighted by molar-refractivity contribution is -0.159. The first-order valence-corrected chi connectivity index (χ1v) is 5.60. The van der Waals surface area contributed by atoms with Gasteiger partial charge >= 0.3 is 5.97 Å². The standard InChI is InChI=1S/C13H16O3/c1-2-9-4-3-5-11(6-9)13(16)7-10(8-13)12(14)15/h3-6,10,16H,2,7-8H2,1H3,(H,14,15). The highest BCUT2D eigenvalue weighted by Gasteiger charge is 2.47. The van der Waals surface area contributed by atoms with Crippen molar-refractivity contribution in [3.8, 4) is 0 Å². The lowest BCUT2D eigenvalue weighted by atomic mass is 9.67. The van der Waals surface area contributed by atoms with E-state index < -0.39 is 17.5 Å². The van der Waals surface area contributed by atoms with Crippen molar-refractivity contribution in [2.45, 2.75) is 31.8 Å². The summed E-state index contributed by atoms with van der Waals surface area (Å²) < 4.78 is 0. The molecule has 3 nitrogen and oxygen atoms in total. The molecular formula is C13H16O3. The molecule has 0 aliphatic heterocycles. The molecule has 0 unspecified atom stereocenters. The molecule has 0 aromatic heterocycles. The zero-order valence-corrected chi connectivity index (χ0v) is 9.31. The first-order valence-electron chi connectivity index (χ1n) is 5.60. The number of aryl methyl sites for hydroxylation is 1. The summed E-state index contributed by atoms with van der Waals surface area (Å²) in [6, 6.07) is 7.77. The minimum atomic E-state index is -0.922. The molecular weight excluding hydrogens is 204 g/mol. The van der Waals surface area contributed by atoms with Gasteiger partial charge in [-0.25, -0.2) is 0 Å². The molecule has 1 fully saturated rings. The zero-order valence-electron chi connectivity index (χ0n) is 9.31. The van der Waals surface area contributed by atoms with E-state index in [4.69, 9.17) is 5.11 Å². The van der Waals surface area contributed by atoms with Gasteiger partial charge in [-0.05, 0) is 30.4 Å². The maximum Gasteiger partial charge on any atom is 0.306 e. The first kappa shape index (κ1) is 11.1. The van der Waals surface area contributed by atoms with Crippen molar-refractivity contribution in [3.05, 3.63) is 35.4 Å². The third-order valence-corrected chi connectivity index (χ3v) is 3.39. The van der Waals surface area contributed by atoms with E-state index in [0.717, 1.165) is 12.0 Å². The molecule has 0 bridgehead atoms. The van der Waals surface area contributed by atoms with E-state index >= 15 is 0 Å². The van der Waals surface area contributed by atoms with E-state index in [1.807, 2.05) is 24.3 Å². The van der Waals surface area contributed by atoms with Crippen LogP contribution >= 0.6 is 0 Å². The Balaban J connectivity index is 2.16. The van der Waals surface area contributed by atoms with Crippen LogP contribution in [0.15, 0.2) is 24.3 Å². The number of rotatable bonds is 3. The lowest BCUT2D eigenvalue weighted by Gasteiger charge is -2.42. The number of aliphatic hydroxyl groups is 1. The van der Waals surface area contributed by atoms with Gasteiger partial charge in [0.2, 0.25) is 0 Å². The molecule has 86 valence electrons. The third-order valence-electron chi connectivity index (χ3n) is 3.39. The van der Waals surface area contributed by atoms with E-state index in [0.29, 0.717) is 12.8 Å². The zero-order chi connectivity index (χ0) is 11.8. The van der Waals surface area contributed by atoms with Crippen LogP contribution in [0.25, 0.3) is 0 Å². The number of carboxylic acids is 1. The van der Waals surface area contributed by atoms with Gasteiger partial charge in [0.15, 0.2) is 0 Å². The van der Waals surface area contributed by atoms with Crippen LogP contribution in [0, 0.1) is 5.92 Å². The largest absolute Gasteiger partial charge is 0.481 e. The van der Waals surface area contributed by atoms with E-state index in [-0.39, 0.29) is 0 Å². The van der Waals surface area contributed by atoms with Gasteiger partial charge < -0.3 is 10.2 Å². The van der Waals surface area contributed by atoms with Crippen LogP contribution in [0.4, 0.5) is 0 Å². The quantitative estimate of drug-likeness (QED) is 0.818. The molecule has 0 heterocycles. The van der Waals surface area contributed by atoms with Crippen LogP contribution < -0.4 is 0 Å². The van der Waals surface area contributed by atoms with Crippen molar-refractivity contribution >= 4 is 5.97 Å². The van der Waals surface area contributed by atoms with Gasteiger partial charge in [-0.2, -0.15) is 0 Å². The fraction of sp³-hybridized carbons (Fsp3) is 0.462. The highest BCUT2D eigenvalue weighted by Crippen LogP contribution is 2.45. The average Bonchev–Trinajstić information content (AvgIpc) is 2.24. The SMILES string of the molecule is CCc1cccc(C2(O)CC(C(=O)O)C2)c1. The van der Waals surface area contributed by atoms with Gasteiger partial charge in [-0.1, -0.05) is 31.2 Å². The minimum Gasteiger partial charge on any atom is -0.481 e. The average molecular weight is 220 g/mol. The first-order chi connectivity index (χ1) is 7.55. The molecule has 0 saturated heterocycles. The van der Waals surface area contributed by atoms with Crippen molar-refractivity contribution < 1.29 is 15.0 Å². The molecule has 1 aliphatic rings. The van der Waals surface area contributed by atoms with Crippen molar-refractivity contribution in [1.29, 1.82) is 0 Å². The van der Waals surface area contributed by atoms with Gasteiger partial charge in [0, 0.05) is 0 Å². The van der Waals surface area contributed by atoms with E-state index in [1.165, 1.54) is 5.56 Å². The fourth-order valence-electron chi connectivity index (χ4n) is 2.25. The molecule has 1 aromatic carbocycles. The van der Waals surface area contributed by atoms with Gasteiger partial charge in [-0.3, -0.25) is 4.79 Å². The van der Waals surface area contributed by atoms with Crippen LogP contribution in [-0.2, 0) is 16.8 Å². The van der Waals surface area contributed by atoms with Gasteiger partial charge in [-0.15, -0.1) is 0 Å². The molecule has 1 saturated carbocycles. The summed E-state index contributed by atoms with van der Waals surface area (Å²) in [6.07, 6.45) is 1.58. The molecule has 0 radical (unpaired) electrons. The molecule has 1 aliphatic carbocycles. The molecule has 1 aromatic rings. The highest BCUT2D eigenvalue weighted by molar-refractivity contribution is 5.71. The Hall–Kier alpha value is -1.35. The molecule has 0 atom stereocenters. The van der Waals surface area contributed by atoms with Crippen LogP contribution in [0.3, 0.4) is 0 Å². The Morgan fingerprint density at radius 2 is 2.19 bits per heavy atom. The van der Waals surface area contributed by atoms with Gasteiger partial charge in [0.25, 0.3) is 0 Å². The Kier molecular flexibility index (Phi) is 2.72. The molecule has 3 heteroatoms. The van der Waals surface area contributed by atoms with E-state index in [2.05, 4.69) is 6.92 Å². The van der Waals surface area contributed by atoms with Crippen molar-refractivity contribution in [2.24, 2.45) is 5.92 Å². The van der Waals surface area contributed by atoms with E-state index in [9.17, 15) is 9.90 Å². The Labute approximate surface area is 94.7 Å². The van der Waals surface area contributed by atoms with Gasteiger partial charge in [0.1, 0.15) is 0 Å². The normalized spacial score (nSPS) is 28.5. The van der Waals surface area contributed by atoms with E-state index in [1.54, 1.807) is 0 Å². The fourth-order valence-corrected chi connectivity index (χ4v) is 2.25. The van der Waals surface area contributed by atoms with Crippen molar-refractivity contribution in [2.75, 3.05) is 0 Å². The molecule has 0 amide bonds. The Bertz CT molecular complexity index is 405. The third kappa shape index (κ3) is 1.83. The molecule has 16 heavy (non-hydrogen) atoms. The predicted molar refractivity (Wildman–Crippen MR) is 60.1 cm³/mol. The second-order valence-corrected chi connectivity index (χ2v) is 4.53. The van der Waals surface area contributed by atoms with Crippen LogP contribution in [-0.4, -0.2) is 16.2 Å². The second-order valence-electron chi connectivity index (χ2n) is 4.53. The van der Waals surface area contributed by atoms with Crippen molar-refractivity contribution in [1.82, 2.24) is 0 Å². The number of carbonyl (C=O) groups is 1. The summed E-state index contributed by atoms with van der Waals surface area (Å²) in [4.78, 5) is 10.7. The van der Waals surface area contributed by atoms with Crippen molar-refractivity contribution in [3.63, 3.8) is 0 Å². The summed E-state index contributed by atoms with van der Waals surface area (Å²) in [6.45, 7) is 2.06. The maximum atomic E-state index is 10.7. The molecule has 0 spiro atoms. The number of carboxylic acid groups (broad SMARTS) is 1. The Morgan fingerprint density at radius 3 is 2.75 bits per heavy atom. The number of hydrogen-bond donors (Lipinski definition) is 2. The summed E-state index contributed by atoms with van der Waals surface area (Å²) >= 11 is 0. The summed E-state index contributed by atoms with van der Waals surface area (Å²) in [5.41, 5.74) is 1.10. The van der Waals surface area contributed by atoms with Crippen LogP contribution in [0.5, 0.6) is 0 Å². The maximum absolute atomic E-state index is 10.7. The molecule has 2 N–H and O–H groups in total. The number of aliphatic carboxylic acids is 1. The lowest BCUT2D eigenvalue weighted by Crippen LogP contribution is -2.44. The second kappa shape index (κ2) is 3.91. The topological polar surface area (TPSA) is 57.5 Å². The smallest absolute Gasteiger partial charge is 0.306 e. The monoisotopic (exact) mass is 220 g/mol. The summed E-state index contributed by atoms with van der Waals surface area (Å²) in [5, 5.41) is 19.1. The van der Waals surface area contributed by atoms with Crippen LogP contribution in [0.1, 0.15) is 30.9 Å². The highest BCUT2D eigenvalue weighted by atomic mass is 16.4. The number of benzene rings is 1. The Morgan fingerprint density at radius 1 is 1.50 bits per heavy atom.